The number of ether oxygens (including phenoxy) is 1. The number of pyridine rings is 1. The molecule has 8 heteroatoms. The van der Waals surface area contributed by atoms with E-state index < -0.39 is 23.6 Å². The van der Waals surface area contributed by atoms with Crippen LogP contribution in [-0.2, 0) is 16.0 Å². The Hall–Kier alpha value is -3.94. The topological polar surface area (TPSA) is 118 Å². The molecule has 0 aliphatic rings. The molecule has 1 heterocycles. The minimum Gasteiger partial charge on any atom is -0.478 e. The van der Waals surface area contributed by atoms with Crippen molar-refractivity contribution in [3.05, 3.63) is 71.0 Å². The first kappa shape index (κ1) is 25.7. The number of amides is 2. The molecule has 2 amide bonds. The molecule has 8 nitrogen and oxygen atoms in total. The van der Waals surface area contributed by atoms with E-state index in [1.165, 1.54) is 0 Å². The van der Waals surface area contributed by atoms with Gasteiger partial charge in [-0.25, -0.2) is 9.59 Å². The third kappa shape index (κ3) is 7.02. The number of aryl methyl sites for hydroxylation is 2. The van der Waals surface area contributed by atoms with Crippen molar-refractivity contribution in [3.63, 3.8) is 0 Å². The number of nitrogens with one attached hydrogen (secondary N) is 2. The van der Waals surface area contributed by atoms with Crippen LogP contribution in [0.1, 0.15) is 47.8 Å². The summed E-state index contributed by atoms with van der Waals surface area (Å²) in [6.45, 7) is 8.92. The normalized spacial score (nSPS) is 12.1. The van der Waals surface area contributed by atoms with Crippen molar-refractivity contribution in [1.82, 2.24) is 10.3 Å². The van der Waals surface area contributed by atoms with E-state index in [-0.39, 0.29) is 24.4 Å². The quantitative estimate of drug-likeness (QED) is 0.447. The SMILES string of the molecule is Cc1cc(C)c(C(=O)O)cc1CC(CNC(=O)OC(C)(C)C)C(=O)Nc1ccc2cnccc2c1. The number of carboxylic acid groups (broad SMARTS) is 1. The summed E-state index contributed by atoms with van der Waals surface area (Å²) in [4.78, 5) is 41.3. The minimum atomic E-state index is -1.03. The van der Waals surface area contributed by atoms with Gasteiger partial charge < -0.3 is 20.5 Å². The van der Waals surface area contributed by atoms with E-state index in [1.807, 2.05) is 25.1 Å². The molecule has 0 radical (unpaired) electrons. The van der Waals surface area contributed by atoms with Crippen LogP contribution >= 0.6 is 0 Å². The minimum absolute atomic E-state index is 0.0218. The molecule has 2 aromatic carbocycles. The van der Waals surface area contributed by atoms with Crippen LogP contribution in [0.3, 0.4) is 0 Å². The third-order valence-corrected chi connectivity index (χ3v) is 5.55. The van der Waals surface area contributed by atoms with Crippen LogP contribution in [0.2, 0.25) is 0 Å². The number of hydrogen-bond donors (Lipinski definition) is 3. The molecule has 1 unspecified atom stereocenters. The molecular formula is C27H31N3O5. The van der Waals surface area contributed by atoms with Crippen LogP contribution in [-0.4, -0.2) is 40.2 Å². The van der Waals surface area contributed by atoms with Crippen LogP contribution in [0.5, 0.6) is 0 Å². The number of aromatic nitrogens is 1. The van der Waals surface area contributed by atoms with Gasteiger partial charge in [0, 0.05) is 30.0 Å². The summed E-state index contributed by atoms with van der Waals surface area (Å²) >= 11 is 0. The Kier molecular flexibility index (Phi) is 7.74. The number of nitrogens with zero attached hydrogens (tertiary/aromatic N) is 1. The summed E-state index contributed by atoms with van der Waals surface area (Å²) in [5, 5.41) is 17.0. The number of carbonyl (C=O) groups is 3. The Morgan fingerprint density at radius 1 is 1.03 bits per heavy atom. The van der Waals surface area contributed by atoms with Crippen molar-refractivity contribution in [3.8, 4) is 0 Å². The molecule has 3 rings (SSSR count). The van der Waals surface area contributed by atoms with E-state index in [0.29, 0.717) is 11.3 Å². The number of fused-ring (bicyclic) bond motifs is 1. The summed E-state index contributed by atoms with van der Waals surface area (Å²) in [5.41, 5.74) is 2.38. The number of anilines is 1. The molecule has 3 N–H and O–H groups in total. The van der Waals surface area contributed by atoms with Crippen LogP contribution in [0.25, 0.3) is 10.8 Å². The molecule has 0 aliphatic carbocycles. The van der Waals surface area contributed by atoms with Gasteiger partial charge in [-0.15, -0.1) is 0 Å². The van der Waals surface area contributed by atoms with Gasteiger partial charge in [-0.3, -0.25) is 9.78 Å². The van der Waals surface area contributed by atoms with Crippen LogP contribution < -0.4 is 10.6 Å². The predicted molar refractivity (Wildman–Crippen MR) is 135 cm³/mol. The highest BCUT2D eigenvalue weighted by Gasteiger charge is 2.24. The molecule has 3 aromatic rings. The van der Waals surface area contributed by atoms with Crippen LogP contribution in [0.15, 0.2) is 48.8 Å². The third-order valence-electron chi connectivity index (χ3n) is 5.55. The molecule has 0 bridgehead atoms. The average molecular weight is 478 g/mol. The fraction of sp³-hybridized carbons (Fsp3) is 0.333. The van der Waals surface area contributed by atoms with Crippen molar-refractivity contribution < 1.29 is 24.2 Å². The van der Waals surface area contributed by atoms with Gasteiger partial charge >= 0.3 is 12.1 Å². The molecule has 1 aromatic heterocycles. The van der Waals surface area contributed by atoms with Crippen molar-refractivity contribution >= 4 is 34.4 Å². The Balaban J connectivity index is 1.85. The van der Waals surface area contributed by atoms with Gasteiger partial charge in [0.05, 0.1) is 11.5 Å². The zero-order valence-electron chi connectivity index (χ0n) is 20.6. The van der Waals surface area contributed by atoms with Gasteiger partial charge in [0.25, 0.3) is 0 Å². The zero-order valence-corrected chi connectivity index (χ0v) is 20.6. The van der Waals surface area contributed by atoms with E-state index in [4.69, 9.17) is 4.74 Å². The Morgan fingerprint density at radius 2 is 1.77 bits per heavy atom. The van der Waals surface area contributed by atoms with E-state index in [0.717, 1.165) is 21.9 Å². The van der Waals surface area contributed by atoms with Crippen LogP contribution in [0.4, 0.5) is 10.5 Å². The van der Waals surface area contributed by atoms with E-state index in [1.54, 1.807) is 58.3 Å². The molecule has 0 saturated carbocycles. The maximum absolute atomic E-state index is 13.3. The van der Waals surface area contributed by atoms with Gasteiger partial charge in [0.15, 0.2) is 0 Å². The molecule has 35 heavy (non-hydrogen) atoms. The number of rotatable bonds is 7. The Bertz CT molecular complexity index is 1260. The molecule has 0 fully saturated rings. The number of carbonyl (C=O) groups excluding carboxylic acids is 2. The number of carboxylic acids is 1. The molecule has 0 spiro atoms. The van der Waals surface area contributed by atoms with Gasteiger partial charge in [0.1, 0.15) is 5.60 Å². The largest absolute Gasteiger partial charge is 0.478 e. The first-order valence-electron chi connectivity index (χ1n) is 11.4. The molecular weight excluding hydrogens is 446 g/mol. The maximum Gasteiger partial charge on any atom is 0.407 e. The molecule has 0 saturated heterocycles. The summed E-state index contributed by atoms with van der Waals surface area (Å²) in [6, 6.07) is 10.8. The summed E-state index contributed by atoms with van der Waals surface area (Å²) < 4.78 is 5.31. The van der Waals surface area contributed by atoms with Gasteiger partial charge in [-0.2, -0.15) is 0 Å². The fourth-order valence-corrected chi connectivity index (χ4v) is 3.80. The highest BCUT2D eigenvalue weighted by atomic mass is 16.6. The van der Waals surface area contributed by atoms with Crippen molar-refractivity contribution in [2.24, 2.45) is 5.92 Å². The second-order valence-corrected chi connectivity index (χ2v) is 9.61. The number of benzene rings is 2. The van der Waals surface area contributed by atoms with Gasteiger partial charge in [-0.05, 0) is 87.4 Å². The lowest BCUT2D eigenvalue weighted by Gasteiger charge is -2.22. The van der Waals surface area contributed by atoms with Crippen molar-refractivity contribution in [1.29, 1.82) is 0 Å². The number of hydrogen-bond acceptors (Lipinski definition) is 5. The lowest BCUT2D eigenvalue weighted by atomic mass is 9.91. The number of alkyl carbamates (subject to hydrolysis) is 1. The summed E-state index contributed by atoms with van der Waals surface area (Å²) in [6.07, 6.45) is 3.04. The van der Waals surface area contributed by atoms with Crippen molar-refractivity contribution in [2.45, 2.75) is 46.6 Å². The van der Waals surface area contributed by atoms with Crippen LogP contribution in [0, 0.1) is 19.8 Å². The van der Waals surface area contributed by atoms with Gasteiger partial charge in [0.2, 0.25) is 5.91 Å². The highest BCUT2D eigenvalue weighted by molar-refractivity contribution is 5.96. The number of aromatic carboxylic acids is 1. The van der Waals surface area contributed by atoms with E-state index in [2.05, 4.69) is 15.6 Å². The van der Waals surface area contributed by atoms with Crippen molar-refractivity contribution in [2.75, 3.05) is 11.9 Å². The smallest absolute Gasteiger partial charge is 0.407 e. The standard InChI is InChI=1S/C27H31N3O5/c1-16-10-17(2)23(25(32)33)13-20(16)11-21(15-29-26(34)35-27(3,4)5)24(31)30-22-7-6-19-14-28-9-8-18(19)12-22/h6-10,12-14,21H,11,15H2,1-5H3,(H,29,34)(H,30,31)(H,32,33). The molecule has 184 valence electrons. The summed E-state index contributed by atoms with van der Waals surface area (Å²) in [5.74, 6) is -1.99. The maximum atomic E-state index is 13.3. The average Bonchev–Trinajstić information content (AvgIpc) is 2.76. The van der Waals surface area contributed by atoms with E-state index >= 15 is 0 Å². The lowest BCUT2D eigenvalue weighted by Crippen LogP contribution is -2.39. The molecule has 1 atom stereocenters. The van der Waals surface area contributed by atoms with E-state index in [9.17, 15) is 19.5 Å². The Labute approximate surface area is 204 Å². The second-order valence-electron chi connectivity index (χ2n) is 9.61. The fourth-order valence-electron chi connectivity index (χ4n) is 3.80. The molecule has 0 aliphatic heterocycles. The second kappa shape index (κ2) is 10.5. The first-order valence-corrected chi connectivity index (χ1v) is 11.4. The monoisotopic (exact) mass is 477 g/mol. The first-order chi connectivity index (χ1) is 16.4. The zero-order chi connectivity index (χ0) is 25.8. The Morgan fingerprint density at radius 3 is 2.46 bits per heavy atom. The summed E-state index contributed by atoms with van der Waals surface area (Å²) in [7, 11) is 0. The highest BCUT2D eigenvalue weighted by Crippen LogP contribution is 2.22. The van der Waals surface area contributed by atoms with Gasteiger partial charge in [-0.1, -0.05) is 12.1 Å². The predicted octanol–water partition coefficient (Wildman–Crippen LogP) is 4.87. The lowest BCUT2D eigenvalue weighted by molar-refractivity contribution is -0.119.